The van der Waals surface area contributed by atoms with Gasteiger partial charge < -0.3 is 9.80 Å². The summed E-state index contributed by atoms with van der Waals surface area (Å²) in [5.74, 6) is 2.96. The van der Waals surface area contributed by atoms with Crippen molar-refractivity contribution in [2.45, 2.75) is 12.7 Å². The summed E-state index contributed by atoms with van der Waals surface area (Å²) in [5, 5.41) is 9.02. The second-order valence-electron chi connectivity index (χ2n) is 6.13. The van der Waals surface area contributed by atoms with E-state index in [4.69, 9.17) is 5.26 Å². The maximum atomic E-state index is 12.7. The predicted octanol–water partition coefficient (Wildman–Crippen LogP) is 3.17. The minimum Gasteiger partial charge on any atom is -0.353 e. The number of anilines is 1. The molecule has 0 N–H and O–H groups in total. The molecule has 5 nitrogen and oxygen atoms in total. The van der Waals surface area contributed by atoms with Crippen molar-refractivity contribution in [3.8, 4) is 6.07 Å². The number of hydrogen-bond donors (Lipinski definition) is 0. The number of nitriles is 1. The van der Waals surface area contributed by atoms with E-state index in [2.05, 4.69) is 22.9 Å². The second-order valence-corrected chi connectivity index (χ2v) is 7.40. The molecular formula is C20H22N4OS. The molecule has 1 aromatic carbocycles. The third-order valence-corrected chi connectivity index (χ3v) is 5.38. The number of thioether (sulfide) groups is 1. The quantitative estimate of drug-likeness (QED) is 0.813. The van der Waals surface area contributed by atoms with Crippen LogP contribution in [0.25, 0.3) is 0 Å². The molecule has 0 radical (unpaired) electrons. The SMILES string of the molecule is CCSCc1ccc(C(=O)N2CCN(c3cc(C#N)ccn3)CC2)cc1. The van der Waals surface area contributed by atoms with Crippen molar-refractivity contribution in [3.05, 3.63) is 59.3 Å². The van der Waals surface area contributed by atoms with E-state index in [1.807, 2.05) is 40.9 Å². The van der Waals surface area contributed by atoms with Crippen LogP contribution in [0, 0.1) is 11.3 Å². The van der Waals surface area contributed by atoms with E-state index in [1.54, 1.807) is 18.3 Å². The lowest BCUT2D eigenvalue weighted by Crippen LogP contribution is -2.49. The first-order chi connectivity index (χ1) is 12.7. The van der Waals surface area contributed by atoms with Crippen molar-refractivity contribution in [1.82, 2.24) is 9.88 Å². The second kappa shape index (κ2) is 8.72. The van der Waals surface area contributed by atoms with Crippen LogP contribution in [0.15, 0.2) is 42.6 Å². The van der Waals surface area contributed by atoms with Crippen LogP contribution in [-0.2, 0) is 5.75 Å². The summed E-state index contributed by atoms with van der Waals surface area (Å²) in [6, 6.07) is 13.6. The molecule has 134 valence electrons. The number of rotatable bonds is 5. The van der Waals surface area contributed by atoms with Crippen molar-refractivity contribution in [1.29, 1.82) is 5.26 Å². The van der Waals surface area contributed by atoms with Gasteiger partial charge in [0.05, 0.1) is 11.6 Å². The maximum absolute atomic E-state index is 12.7. The van der Waals surface area contributed by atoms with Crippen molar-refractivity contribution in [3.63, 3.8) is 0 Å². The van der Waals surface area contributed by atoms with Crippen LogP contribution in [0.5, 0.6) is 0 Å². The first-order valence-electron chi connectivity index (χ1n) is 8.78. The van der Waals surface area contributed by atoms with E-state index in [-0.39, 0.29) is 5.91 Å². The highest BCUT2D eigenvalue weighted by atomic mass is 32.2. The molecule has 1 saturated heterocycles. The number of benzene rings is 1. The summed E-state index contributed by atoms with van der Waals surface area (Å²) in [5.41, 5.74) is 2.60. The van der Waals surface area contributed by atoms with Gasteiger partial charge in [-0.3, -0.25) is 4.79 Å². The summed E-state index contributed by atoms with van der Waals surface area (Å²) >= 11 is 1.88. The molecule has 6 heteroatoms. The number of aromatic nitrogens is 1. The molecule has 0 bridgehead atoms. The molecular weight excluding hydrogens is 344 g/mol. The van der Waals surface area contributed by atoms with Crippen LogP contribution in [0.2, 0.25) is 0 Å². The molecule has 0 saturated carbocycles. The Morgan fingerprint density at radius 1 is 1.19 bits per heavy atom. The minimum absolute atomic E-state index is 0.0816. The van der Waals surface area contributed by atoms with Gasteiger partial charge in [-0.1, -0.05) is 19.1 Å². The molecule has 0 unspecified atom stereocenters. The molecule has 0 atom stereocenters. The lowest BCUT2D eigenvalue weighted by atomic mass is 10.1. The highest BCUT2D eigenvalue weighted by Gasteiger charge is 2.23. The molecule has 1 aliphatic rings. The van der Waals surface area contributed by atoms with E-state index < -0.39 is 0 Å². The van der Waals surface area contributed by atoms with Gasteiger partial charge in [0.15, 0.2) is 0 Å². The van der Waals surface area contributed by atoms with E-state index >= 15 is 0 Å². The number of nitrogens with zero attached hydrogens (tertiary/aromatic N) is 4. The number of amides is 1. The van der Waals surface area contributed by atoms with Gasteiger partial charge >= 0.3 is 0 Å². The Morgan fingerprint density at radius 2 is 1.92 bits per heavy atom. The van der Waals surface area contributed by atoms with Crippen molar-refractivity contribution >= 4 is 23.5 Å². The Morgan fingerprint density at radius 3 is 2.58 bits per heavy atom. The summed E-state index contributed by atoms with van der Waals surface area (Å²) < 4.78 is 0. The zero-order valence-corrected chi connectivity index (χ0v) is 15.7. The van der Waals surface area contributed by atoms with Crippen LogP contribution < -0.4 is 4.90 Å². The van der Waals surface area contributed by atoms with Crippen LogP contribution in [0.3, 0.4) is 0 Å². The van der Waals surface area contributed by atoms with E-state index in [0.717, 1.165) is 36.0 Å². The van der Waals surface area contributed by atoms with Gasteiger partial charge in [0, 0.05) is 43.7 Å². The first-order valence-corrected chi connectivity index (χ1v) is 9.94. The van der Waals surface area contributed by atoms with Gasteiger partial charge in [0.2, 0.25) is 0 Å². The van der Waals surface area contributed by atoms with Crippen LogP contribution >= 0.6 is 11.8 Å². The van der Waals surface area contributed by atoms with Gasteiger partial charge in [-0.15, -0.1) is 0 Å². The van der Waals surface area contributed by atoms with Gasteiger partial charge in [0.1, 0.15) is 5.82 Å². The number of carbonyl (C=O) groups is 1. The number of hydrogen-bond acceptors (Lipinski definition) is 5. The molecule has 2 heterocycles. The Kier molecular flexibility index (Phi) is 6.13. The van der Waals surface area contributed by atoms with Crippen molar-refractivity contribution in [2.75, 3.05) is 36.8 Å². The van der Waals surface area contributed by atoms with Gasteiger partial charge in [-0.25, -0.2) is 4.98 Å². The summed E-state index contributed by atoms with van der Waals surface area (Å²) in [4.78, 5) is 21.1. The van der Waals surface area contributed by atoms with Crippen molar-refractivity contribution in [2.24, 2.45) is 0 Å². The number of pyridine rings is 1. The highest BCUT2D eigenvalue weighted by molar-refractivity contribution is 7.98. The zero-order valence-electron chi connectivity index (χ0n) is 14.9. The lowest BCUT2D eigenvalue weighted by molar-refractivity contribution is 0.0746. The molecule has 1 amide bonds. The average molecular weight is 366 g/mol. The molecule has 1 aromatic heterocycles. The fourth-order valence-electron chi connectivity index (χ4n) is 2.95. The number of piperazine rings is 1. The number of carbonyl (C=O) groups excluding carboxylic acids is 1. The summed E-state index contributed by atoms with van der Waals surface area (Å²) in [7, 11) is 0. The molecule has 2 aromatic rings. The van der Waals surface area contributed by atoms with Gasteiger partial charge in [0.25, 0.3) is 5.91 Å². The normalized spacial score (nSPS) is 14.2. The van der Waals surface area contributed by atoms with Crippen molar-refractivity contribution < 1.29 is 4.79 Å². The largest absolute Gasteiger partial charge is 0.353 e. The highest BCUT2D eigenvalue weighted by Crippen LogP contribution is 2.17. The topological polar surface area (TPSA) is 60.2 Å². The van der Waals surface area contributed by atoms with E-state index in [0.29, 0.717) is 18.7 Å². The molecule has 26 heavy (non-hydrogen) atoms. The summed E-state index contributed by atoms with van der Waals surface area (Å²) in [6.07, 6.45) is 1.66. The van der Waals surface area contributed by atoms with E-state index in [1.165, 1.54) is 5.56 Å². The monoisotopic (exact) mass is 366 g/mol. The molecule has 1 fully saturated rings. The van der Waals surface area contributed by atoms with E-state index in [9.17, 15) is 4.79 Å². The fourth-order valence-corrected chi connectivity index (χ4v) is 3.58. The standard InChI is InChI=1S/C20H22N4OS/c1-2-26-15-16-3-5-18(6-4-16)20(25)24-11-9-23(10-12-24)19-13-17(14-21)7-8-22-19/h3-8,13H,2,9-12,15H2,1H3. The molecule has 0 spiro atoms. The van der Waals surface area contributed by atoms with Gasteiger partial charge in [-0.2, -0.15) is 17.0 Å². The molecule has 3 rings (SSSR count). The predicted molar refractivity (Wildman–Crippen MR) is 105 cm³/mol. The molecule has 0 aliphatic carbocycles. The zero-order chi connectivity index (χ0) is 18.4. The third-order valence-electron chi connectivity index (χ3n) is 4.44. The first kappa shape index (κ1) is 18.3. The smallest absolute Gasteiger partial charge is 0.253 e. The van der Waals surface area contributed by atoms with Crippen LogP contribution in [0.4, 0.5) is 5.82 Å². The fraction of sp³-hybridized carbons (Fsp3) is 0.350. The Balaban J connectivity index is 1.58. The Labute approximate surface area is 158 Å². The van der Waals surface area contributed by atoms with Crippen LogP contribution in [0.1, 0.15) is 28.4 Å². The molecule has 1 aliphatic heterocycles. The van der Waals surface area contributed by atoms with Crippen LogP contribution in [-0.4, -0.2) is 47.7 Å². The third kappa shape index (κ3) is 4.36. The summed E-state index contributed by atoms with van der Waals surface area (Å²) in [6.45, 7) is 4.90. The lowest BCUT2D eigenvalue weighted by Gasteiger charge is -2.35. The van der Waals surface area contributed by atoms with Gasteiger partial charge in [-0.05, 0) is 35.6 Å². The Hall–Kier alpha value is -2.52. The average Bonchev–Trinajstić information content (AvgIpc) is 2.72. The Bertz CT molecular complexity index is 792. The minimum atomic E-state index is 0.0816. The maximum Gasteiger partial charge on any atom is 0.253 e.